The van der Waals surface area contributed by atoms with Crippen molar-refractivity contribution < 1.29 is 32.3 Å². The van der Waals surface area contributed by atoms with Crippen molar-refractivity contribution in [2.24, 2.45) is 5.41 Å². The molecule has 0 bridgehead atoms. The number of hydrogen-bond donors (Lipinski definition) is 0. The molecule has 3 aliphatic heterocycles. The molecule has 3 heterocycles. The predicted molar refractivity (Wildman–Crippen MR) is 123 cm³/mol. The Morgan fingerprint density at radius 3 is 2.45 bits per heavy atom. The van der Waals surface area contributed by atoms with Gasteiger partial charge in [-0.1, -0.05) is 6.07 Å². The summed E-state index contributed by atoms with van der Waals surface area (Å²) in [4.78, 5) is 2.33. The third-order valence-corrected chi connectivity index (χ3v) is 9.26. The van der Waals surface area contributed by atoms with Crippen LogP contribution in [0.25, 0.3) is 0 Å². The number of nitrogens with zero attached hydrogens (tertiary/aromatic N) is 1. The van der Waals surface area contributed by atoms with Crippen LogP contribution in [0, 0.1) is 5.41 Å². The van der Waals surface area contributed by atoms with E-state index in [1.54, 1.807) is 14.2 Å². The maximum absolute atomic E-state index is 13.2. The number of hydrogen-bond acceptors (Lipinski definition) is 8. The second-order valence-corrected chi connectivity index (χ2v) is 11.3. The number of phosphoric ester groups is 1. The average molecular weight is 480 g/mol. The smallest absolute Gasteiger partial charge is 0.493 e. The quantitative estimate of drug-likeness (QED) is 0.579. The van der Waals surface area contributed by atoms with Crippen LogP contribution in [0.5, 0.6) is 11.5 Å². The first kappa shape index (κ1) is 23.2. The van der Waals surface area contributed by atoms with E-state index in [0.717, 1.165) is 43.7 Å². The van der Waals surface area contributed by atoms with Gasteiger partial charge in [0.1, 0.15) is 5.76 Å². The highest BCUT2D eigenvalue weighted by Crippen LogP contribution is 2.59. The van der Waals surface area contributed by atoms with E-state index >= 15 is 0 Å². The topological polar surface area (TPSA) is 75.7 Å². The average Bonchev–Trinajstić information content (AvgIpc) is 3.18. The van der Waals surface area contributed by atoms with Gasteiger partial charge < -0.3 is 18.7 Å². The first-order chi connectivity index (χ1) is 15.9. The van der Waals surface area contributed by atoms with E-state index in [-0.39, 0.29) is 16.9 Å². The molecular formula is C24H34NO7P. The van der Waals surface area contributed by atoms with Crippen molar-refractivity contribution in [2.45, 2.75) is 43.6 Å². The van der Waals surface area contributed by atoms with Gasteiger partial charge >= 0.3 is 7.82 Å². The normalized spacial score (nSPS) is 31.0. The SMILES string of the molecule is COc1ccc(C23CCC(OP4(=O)OCC5(CCOCC5)CO4)=CC2N(C)CC3)cc1OC. The summed E-state index contributed by atoms with van der Waals surface area (Å²) in [6.07, 6.45) is 6.41. The molecule has 3 fully saturated rings. The molecule has 0 saturated carbocycles. The Kier molecular flexibility index (Phi) is 6.25. The lowest BCUT2D eigenvalue weighted by Gasteiger charge is -2.42. The fraction of sp³-hybridized carbons (Fsp3) is 0.667. The number of ether oxygens (including phenoxy) is 3. The number of likely N-dealkylation sites (tertiary alicyclic amines) is 1. The molecular weight excluding hydrogens is 445 g/mol. The van der Waals surface area contributed by atoms with Crippen LogP contribution < -0.4 is 9.47 Å². The summed E-state index contributed by atoms with van der Waals surface area (Å²) in [7, 11) is 1.82. The lowest BCUT2D eigenvalue weighted by atomic mass is 9.68. The van der Waals surface area contributed by atoms with Crippen LogP contribution in [0.15, 0.2) is 30.0 Å². The molecule has 1 aromatic carbocycles. The summed E-state index contributed by atoms with van der Waals surface area (Å²) >= 11 is 0. The van der Waals surface area contributed by atoms with Gasteiger partial charge in [-0.2, -0.15) is 0 Å². The van der Waals surface area contributed by atoms with Gasteiger partial charge in [-0.3, -0.25) is 13.9 Å². The maximum atomic E-state index is 13.2. The summed E-state index contributed by atoms with van der Waals surface area (Å²) in [5.41, 5.74) is 1.06. The highest BCUT2D eigenvalue weighted by molar-refractivity contribution is 7.48. The Labute approximate surface area is 195 Å². The van der Waals surface area contributed by atoms with Gasteiger partial charge in [0.05, 0.1) is 27.4 Å². The van der Waals surface area contributed by atoms with Gasteiger partial charge in [0, 0.05) is 36.5 Å². The predicted octanol–water partition coefficient (Wildman–Crippen LogP) is 4.29. The number of methoxy groups -OCH3 is 2. The van der Waals surface area contributed by atoms with E-state index in [2.05, 4.69) is 30.2 Å². The van der Waals surface area contributed by atoms with Gasteiger partial charge in [0.25, 0.3) is 0 Å². The summed E-state index contributed by atoms with van der Waals surface area (Å²) in [5, 5.41) is 0. The summed E-state index contributed by atoms with van der Waals surface area (Å²) in [5.74, 6) is 2.15. The minimum Gasteiger partial charge on any atom is -0.493 e. The molecule has 4 aliphatic rings. The van der Waals surface area contributed by atoms with Crippen LogP contribution in [0.1, 0.15) is 37.7 Å². The van der Waals surface area contributed by atoms with Crippen LogP contribution in [-0.2, 0) is 28.3 Å². The van der Waals surface area contributed by atoms with E-state index < -0.39 is 7.82 Å². The number of rotatable bonds is 5. The zero-order chi connectivity index (χ0) is 23.1. The Balaban J connectivity index is 1.34. The van der Waals surface area contributed by atoms with Crippen LogP contribution in [0.2, 0.25) is 0 Å². The van der Waals surface area contributed by atoms with Crippen LogP contribution >= 0.6 is 7.82 Å². The van der Waals surface area contributed by atoms with E-state index in [1.807, 2.05) is 6.07 Å². The van der Waals surface area contributed by atoms with Crippen molar-refractivity contribution in [1.82, 2.24) is 4.90 Å². The zero-order valence-corrected chi connectivity index (χ0v) is 20.6. The lowest BCUT2D eigenvalue weighted by molar-refractivity contribution is -0.0735. The van der Waals surface area contributed by atoms with E-state index in [9.17, 15) is 4.57 Å². The molecule has 0 aromatic heterocycles. The fourth-order valence-corrected chi connectivity index (χ4v) is 7.21. The van der Waals surface area contributed by atoms with Crippen LogP contribution in [-0.4, -0.2) is 65.2 Å². The summed E-state index contributed by atoms with van der Waals surface area (Å²) < 4.78 is 47.1. The minimum atomic E-state index is -3.61. The van der Waals surface area contributed by atoms with E-state index in [0.29, 0.717) is 38.6 Å². The molecule has 182 valence electrons. The maximum Gasteiger partial charge on any atom is 0.529 e. The van der Waals surface area contributed by atoms with Crippen molar-refractivity contribution in [1.29, 1.82) is 0 Å². The highest BCUT2D eigenvalue weighted by Gasteiger charge is 2.50. The van der Waals surface area contributed by atoms with Crippen molar-refractivity contribution in [2.75, 3.05) is 54.2 Å². The number of fused-ring (bicyclic) bond motifs is 1. The van der Waals surface area contributed by atoms with Gasteiger partial charge in [-0.25, -0.2) is 4.57 Å². The Hall–Kier alpha value is -1.57. The van der Waals surface area contributed by atoms with E-state index in [4.69, 9.17) is 27.8 Å². The first-order valence-corrected chi connectivity index (χ1v) is 13.2. The number of phosphoric acid groups is 1. The van der Waals surface area contributed by atoms with Crippen molar-refractivity contribution in [3.8, 4) is 11.5 Å². The number of allylic oxidation sites excluding steroid dienone is 1. The molecule has 33 heavy (non-hydrogen) atoms. The molecule has 0 radical (unpaired) electrons. The third-order valence-electron chi connectivity index (χ3n) is 7.91. The molecule has 5 rings (SSSR count). The van der Waals surface area contributed by atoms with Crippen LogP contribution in [0.3, 0.4) is 0 Å². The lowest BCUT2D eigenvalue weighted by Crippen LogP contribution is -2.43. The minimum absolute atomic E-state index is 0.0594. The zero-order valence-electron chi connectivity index (χ0n) is 19.7. The van der Waals surface area contributed by atoms with Crippen LogP contribution in [0.4, 0.5) is 0 Å². The standard InChI is InChI=1S/C24H34NO7P/c1-25-11-8-24(18-4-5-20(27-2)21(14-18)28-3)7-6-19(15-22(24)25)32-33(26)30-16-23(17-31-33)9-12-29-13-10-23/h4-5,14-15,22H,6-13,16-17H2,1-3H3. The second-order valence-electron chi connectivity index (χ2n) is 9.73. The highest BCUT2D eigenvalue weighted by atomic mass is 31.2. The van der Waals surface area contributed by atoms with Gasteiger partial charge in [0.2, 0.25) is 0 Å². The molecule has 1 aliphatic carbocycles. The van der Waals surface area contributed by atoms with Crippen molar-refractivity contribution in [3.05, 3.63) is 35.6 Å². The molecule has 2 atom stereocenters. The summed E-state index contributed by atoms with van der Waals surface area (Å²) in [6, 6.07) is 6.32. The number of benzene rings is 1. The largest absolute Gasteiger partial charge is 0.529 e. The van der Waals surface area contributed by atoms with Gasteiger partial charge in [-0.05, 0) is 63.0 Å². The van der Waals surface area contributed by atoms with Gasteiger partial charge in [0.15, 0.2) is 11.5 Å². The molecule has 3 saturated heterocycles. The van der Waals surface area contributed by atoms with E-state index in [1.165, 1.54) is 5.56 Å². The summed E-state index contributed by atoms with van der Waals surface area (Å²) in [6.45, 7) is 3.13. The third kappa shape index (κ3) is 4.21. The number of likely N-dealkylation sites (N-methyl/N-ethyl adjacent to an activating group) is 1. The fourth-order valence-electron chi connectivity index (χ4n) is 5.73. The molecule has 0 N–H and O–H groups in total. The Morgan fingerprint density at radius 1 is 1.03 bits per heavy atom. The Morgan fingerprint density at radius 2 is 1.76 bits per heavy atom. The Bertz CT molecular complexity index is 946. The second kappa shape index (κ2) is 8.90. The molecule has 9 heteroatoms. The monoisotopic (exact) mass is 479 g/mol. The molecule has 0 amide bonds. The van der Waals surface area contributed by atoms with Crippen molar-refractivity contribution >= 4 is 7.82 Å². The molecule has 2 unspecified atom stereocenters. The first-order valence-electron chi connectivity index (χ1n) is 11.7. The molecule has 8 nitrogen and oxygen atoms in total. The molecule has 1 spiro atoms. The molecule has 1 aromatic rings. The van der Waals surface area contributed by atoms with Crippen molar-refractivity contribution in [3.63, 3.8) is 0 Å². The van der Waals surface area contributed by atoms with Gasteiger partial charge in [-0.15, -0.1) is 0 Å².